The summed E-state index contributed by atoms with van der Waals surface area (Å²) >= 11 is 0. The second-order valence-corrected chi connectivity index (χ2v) is 4.12. The quantitative estimate of drug-likeness (QED) is 0.851. The lowest BCUT2D eigenvalue weighted by molar-refractivity contribution is -0.121. The van der Waals surface area contributed by atoms with Gasteiger partial charge in [0.05, 0.1) is 18.7 Å². The van der Waals surface area contributed by atoms with Gasteiger partial charge in [0.1, 0.15) is 17.6 Å². The number of carbonyl (C=O) groups is 1. The first-order valence-electron chi connectivity index (χ1n) is 5.01. The molecule has 16 heavy (non-hydrogen) atoms. The van der Waals surface area contributed by atoms with Crippen molar-refractivity contribution in [1.29, 1.82) is 0 Å². The first-order valence-corrected chi connectivity index (χ1v) is 5.01. The molecule has 0 bridgehead atoms. The summed E-state index contributed by atoms with van der Waals surface area (Å²) in [4.78, 5) is 15.6. The molecule has 1 aromatic heterocycles. The first kappa shape index (κ1) is 10.9. The molecule has 1 aromatic rings. The first-order chi connectivity index (χ1) is 7.58. The van der Waals surface area contributed by atoms with Gasteiger partial charge in [0.25, 0.3) is 0 Å². The number of pyridine rings is 1. The number of rotatable bonds is 3. The Balaban J connectivity index is 2.12. The van der Waals surface area contributed by atoms with Crippen LogP contribution in [0.15, 0.2) is 18.5 Å². The van der Waals surface area contributed by atoms with E-state index in [0.29, 0.717) is 11.4 Å². The molecule has 1 aliphatic carbocycles. The number of amides is 1. The minimum Gasteiger partial charge on any atom is -0.494 e. The lowest BCUT2D eigenvalue weighted by Gasteiger charge is -2.12. The third-order valence-electron chi connectivity index (χ3n) is 2.90. The van der Waals surface area contributed by atoms with Crippen molar-refractivity contribution < 1.29 is 13.9 Å². The molecule has 1 aliphatic rings. The minimum absolute atomic E-state index is 0.279. The van der Waals surface area contributed by atoms with E-state index in [2.05, 4.69) is 10.3 Å². The van der Waals surface area contributed by atoms with Crippen LogP contribution in [0.25, 0.3) is 0 Å². The lowest BCUT2D eigenvalue weighted by Crippen LogP contribution is -2.24. The van der Waals surface area contributed by atoms with E-state index in [1.165, 1.54) is 13.3 Å². The fourth-order valence-electron chi connectivity index (χ4n) is 1.47. The van der Waals surface area contributed by atoms with Crippen molar-refractivity contribution in [3.05, 3.63) is 18.5 Å². The van der Waals surface area contributed by atoms with Gasteiger partial charge in [-0.05, 0) is 13.3 Å². The summed E-state index contributed by atoms with van der Waals surface area (Å²) in [7, 11) is 1.50. The predicted molar refractivity (Wildman–Crippen MR) is 57.0 cm³/mol. The average molecular weight is 224 g/mol. The number of methoxy groups -OCH3 is 1. The second-order valence-electron chi connectivity index (χ2n) is 4.12. The molecule has 5 heteroatoms. The number of carbonyl (C=O) groups excluding carboxylic acids is 1. The number of aromatic nitrogens is 1. The molecular formula is C11H13FN2O2. The van der Waals surface area contributed by atoms with Crippen LogP contribution in [0, 0.1) is 5.41 Å². The van der Waals surface area contributed by atoms with Crippen LogP contribution in [0.4, 0.5) is 10.1 Å². The van der Waals surface area contributed by atoms with Gasteiger partial charge in [-0.25, -0.2) is 4.39 Å². The van der Waals surface area contributed by atoms with Gasteiger partial charge in [0.2, 0.25) is 5.91 Å². The molecule has 1 fully saturated rings. The summed E-state index contributed by atoms with van der Waals surface area (Å²) in [5, 5.41) is 2.63. The predicted octanol–water partition coefficient (Wildman–Crippen LogP) is 1.78. The molecule has 0 aromatic carbocycles. The van der Waals surface area contributed by atoms with Crippen LogP contribution in [0.5, 0.6) is 5.75 Å². The molecule has 0 saturated heterocycles. The van der Waals surface area contributed by atoms with Crippen molar-refractivity contribution in [3.63, 3.8) is 0 Å². The van der Waals surface area contributed by atoms with Crippen molar-refractivity contribution in [1.82, 2.24) is 4.98 Å². The Kier molecular flexibility index (Phi) is 2.53. The van der Waals surface area contributed by atoms with E-state index >= 15 is 0 Å². The molecule has 0 spiro atoms. The van der Waals surface area contributed by atoms with Crippen LogP contribution in [0.3, 0.4) is 0 Å². The second kappa shape index (κ2) is 3.73. The van der Waals surface area contributed by atoms with E-state index < -0.39 is 11.6 Å². The summed E-state index contributed by atoms with van der Waals surface area (Å²) in [6.45, 7) is 1.61. The smallest absolute Gasteiger partial charge is 0.233 e. The maximum atomic E-state index is 13.0. The molecule has 0 radical (unpaired) electrons. The van der Waals surface area contributed by atoms with Gasteiger partial charge >= 0.3 is 0 Å². The number of nitrogens with one attached hydrogen (secondary N) is 1. The van der Waals surface area contributed by atoms with Crippen molar-refractivity contribution >= 4 is 11.6 Å². The normalized spacial score (nSPS) is 27.3. The lowest BCUT2D eigenvalue weighted by atomic mass is 10.1. The zero-order valence-corrected chi connectivity index (χ0v) is 9.16. The number of hydrogen-bond acceptors (Lipinski definition) is 3. The van der Waals surface area contributed by atoms with Crippen LogP contribution in [-0.4, -0.2) is 24.2 Å². The monoisotopic (exact) mass is 224 g/mol. The number of hydrogen-bond donors (Lipinski definition) is 1. The van der Waals surface area contributed by atoms with Crippen molar-refractivity contribution in [2.24, 2.45) is 5.41 Å². The number of nitrogens with zero attached hydrogens (tertiary/aromatic N) is 1. The molecule has 0 unspecified atom stereocenters. The molecule has 4 nitrogen and oxygen atoms in total. The topological polar surface area (TPSA) is 51.2 Å². The maximum absolute atomic E-state index is 13.0. The summed E-state index contributed by atoms with van der Waals surface area (Å²) < 4.78 is 18.0. The summed E-state index contributed by atoms with van der Waals surface area (Å²) in [5.74, 6) is 0.189. The molecule has 1 saturated carbocycles. The van der Waals surface area contributed by atoms with Gasteiger partial charge in [-0.2, -0.15) is 0 Å². The van der Waals surface area contributed by atoms with E-state index in [9.17, 15) is 9.18 Å². The standard InChI is InChI=1S/C11H13FN2O2/c1-11(5-9(11)12)10(15)14-7-6-13-4-3-8(7)16-2/h3-4,6,9H,5H2,1-2H3,(H,14,15)/t9-,11+/m0/s1. The molecule has 86 valence electrons. The summed E-state index contributed by atoms with van der Waals surface area (Å²) in [5.41, 5.74) is -0.420. The Morgan fingerprint density at radius 3 is 3.00 bits per heavy atom. The molecule has 0 aliphatic heterocycles. The van der Waals surface area contributed by atoms with Crippen molar-refractivity contribution in [3.8, 4) is 5.75 Å². The fraction of sp³-hybridized carbons (Fsp3) is 0.455. The molecular weight excluding hydrogens is 211 g/mol. The van der Waals surface area contributed by atoms with E-state index in [1.54, 1.807) is 19.2 Å². The third-order valence-corrected chi connectivity index (χ3v) is 2.90. The Morgan fingerprint density at radius 1 is 1.75 bits per heavy atom. The average Bonchev–Trinajstić information content (AvgIpc) is 2.89. The number of ether oxygens (including phenoxy) is 1. The van der Waals surface area contributed by atoms with Gasteiger partial charge in [0, 0.05) is 12.3 Å². The van der Waals surface area contributed by atoms with E-state index in [4.69, 9.17) is 4.74 Å². The Labute approximate surface area is 92.8 Å². The van der Waals surface area contributed by atoms with Crippen LogP contribution in [-0.2, 0) is 4.79 Å². The van der Waals surface area contributed by atoms with Crippen LogP contribution < -0.4 is 10.1 Å². The highest BCUT2D eigenvalue weighted by Gasteiger charge is 2.57. The van der Waals surface area contributed by atoms with Gasteiger partial charge in [-0.1, -0.05) is 0 Å². The van der Waals surface area contributed by atoms with Gasteiger partial charge in [0.15, 0.2) is 0 Å². The number of alkyl halides is 1. The largest absolute Gasteiger partial charge is 0.494 e. The molecule has 2 atom stereocenters. The van der Waals surface area contributed by atoms with Gasteiger partial charge in [-0.15, -0.1) is 0 Å². The van der Waals surface area contributed by atoms with Crippen LogP contribution in [0.2, 0.25) is 0 Å². The van der Waals surface area contributed by atoms with Gasteiger partial charge < -0.3 is 10.1 Å². The van der Waals surface area contributed by atoms with Gasteiger partial charge in [-0.3, -0.25) is 9.78 Å². The Bertz CT molecular complexity index is 424. The van der Waals surface area contributed by atoms with E-state index in [0.717, 1.165) is 0 Å². The highest BCUT2D eigenvalue weighted by Crippen LogP contribution is 2.49. The SMILES string of the molecule is COc1ccncc1NC(=O)[C@]1(C)C[C@@H]1F. The number of halogens is 1. The molecule has 1 heterocycles. The van der Waals surface area contributed by atoms with Crippen LogP contribution >= 0.6 is 0 Å². The van der Waals surface area contributed by atoms with Crippen LogP contribution in [0.1, 0.15) is 13.3 Å². The van der Waals surface area contributed by atoms with E-state index in [-0.39, 0.29) is 12.3 Å². The molecule has 1 N–H and O–H groups in total. The van der Waals surface area contributed by atoms with Crippen molar-refractivity contribution in [2.75, 3.05) is 12.4 Å². The Hall–Kier alpha value is -1.65. The third kappa shape index (κ3) is 1.73. The van der Waals surface area contributed by atoms with Crippen molar-refractivity contribution in [2.45, 2.75) is 19.5 Å². The Morgan fingerprint density at radius 2 is 2.44 bits per heavy atom. The van der Waals surface area contributed by atoms with E-state index in [1.807, 2.05) is 0 Å². The highest BCUT2D eigenvalue weighted by atomic mass is 19.1. The zero-order chi connectivity index (χ0) is 11.8. The highest BCUT2D eigenvalue weighted by molar-refractivity contribution is 5.98. The molecule has 2 rings (SSSR count). The maximum Gasteiger partial charge on any atom is 0.233 e. The summed E-state index contributed by atoms with van der Waals surface area (Å²) in [6.07, 6.45) is 2.28. The number of anilines is 1. The zero-order valence-electron chi connectivity index (χ0n) is 9.16. The minimum atomic E-state index is -1.05. The summed E-state index contributed by atoms with van der Waals surface area (Å²) in [6, 6.07) is 1.64. The molecule has 1 amide bonds. The fourth-order valence-corrected chi connectivity index (χ4v) is 1.47.